The van der Waals surface area contributed by atoms with Crippen LogP contribution in [0.5, 0.6) is 0 Å². The fourth-order valence-electron chi connectivity index (χ4n) is 7.07. The zero-order valence-corrected chi connectivity index (χ0v) is 20.4. The van der Waals surface area contributed by atoms with E-state index in [0.29, 0.717) is 25.8 Å². The standard InChI is InChI=1S/C25H25FN2O5S2/c26-12-7-5-11(6-8-12)16-17-13-10-14(20(17)34-22-21(16)35-25(33)27-22)19-18(13)23(31)28(24(19)32)9-3-1-2-4-15(29)30/h5-8,13-14,16-20H,1-4,9-10H2,(H,27,33)(H,29,30)/t13?,14?,16-,17?,18?,19?,20?/m1/s1. The number of carbonyl (C=O) groups excluding carboxylic acids is 2. The van der Waals surface area contributed by atoms with Gasteiger partial charge in [0.15, 0.2) is 0 Å². The van der Waals surface area contributed by atoms with Gasteiger partial charge < -0.3 is 10.1 Å². The highest BCUT2D eigenvalue weighted by Crippen LogP contribution is 2.68. The van der Waals surface area contributed by atoms with Crippen molar-refractivity contribution in [2.45, 2.75) is 48.3 Å². The average molecular weight is 517 g/mol. The number of nitrogens with one attached hydrogen (secondary N) is 1. The molecular weight excluding hydrogens is 491 g/mol. The second kappa shape index (κ2) is 8.58. The molecule has 7 nitrogen and oxygen atoms in total. The number of amides is 2. The lowest BCUT2D eigenvalue weighted by Crippen LogP contribution is -2.42. The number of H-pyrrole nitrogens is 1. The minimum Gasteiger partial charge on any atom is -0.481 e. The van der Waals surface area contributed by atoms with E-state index in [1.54, 1.807) is 23.9 Å². The van der Waals surface area contributed by atoms with E-state index < -0.39 is 5.97 Å². The number of unbranched alkanes of at least 4 members (excludes halogenated alkanes) is 2. The van der Waals surface area contributed by atoms with Gasteiger partial charge in [-0.1, -0.05) is 29.9 Å². The van der Waals surface area contributed by atoms with Gasteiger partial charge in [-0.2, -0.15) is 0 Å². The maximum atomic E-state index is 13.7. The number of halogens is 1. The topological polar surface area (TPSA) is 108 Å². The molecule has 0 spiro atoms. The molecule has 1 saturated heterocycles. The zero-order chi connectivity index (χ0) is 24.4. The molecule has 1 aromatic heterocycles. The van der Waals surface area contributed by atoms with Crippen LogP contribution in [0.4, 0.5) is 4.39 Å². The van der Waals surface area contributed by atoms with Crippen LogP contribution in [0.15, 0.2) is 34.1 Å². The highest BCUT2D eigenvalue weighted by Gasteiger charge is 2.69. The van der Waals surface area contributed by atoms with E-state index in [0.717, 1.165) is 21.9 Å². The van der Waals surface area contributed by atoms with Gasteiger partial charge in [0, 0.05) is 29.0 Å². The molecule has 6 rings (SSSR count). The Balaban J connectivity index is 1.28. The van der Waals surface area contributed by atoms with Crippen LogP contribution in [-0.2, 0) is 14.4 Å². The lowest BCUT2D eigenvalue weighted by atomic mass is 9.68. The van der Waals surface area contributed by atoms with Gasteiger partial charge in [0.05, 0.1) is 16.9 Å². The first-order valence-corrected chi connectivity index (χ1v) is 13.8. The molecule has 4 aliphatic rings. The number of aromatic nitrogens is 1. The Morgan fingerprint density at radius 1 is 1.06 bits per heavy atom. The van der Waals surface area contributed by atoms with Crippen LogP contribution in [0.3, 0.4) is 0 Å². The number of imide groups is 1. The van der Waals surface area contributed by atoms with Crippen LogP contribution in [0.2, 0.25) is 0 Å². The predicted molar refractivity (Wildman–Crippen MR) is 128 cm³/mol. The van der Waals surface area contributed by atoms with Crippen LogP contribution >= 0.6 is 23.1 Å². The van der Waals surface area contributed by atoms with Crippen molar-refractivity contribution in [3.8, 4) is 0 Å². The van der Waals surface area contributed by atoms with Gasteiger partial charge in [-0.25, -0.2) is 4.39 Å². The number of likely N-dealkylation sites (tertiary alicyclic amines) is 1. The van der Waals surface area contributed by atoms with Crippen molar-refractivity contribution in [1.82, 2.24) is 9.88 Å². The van der Waals surface area contributed by atoms with Crippen LogP contribution in [0, 0.1) is 35.4 Å². The number of aliphatic carboxylic acids is 1. The van der Waals surface area contributed by atoms with Crippen LogP contribution in [0.1, 0.15) is 48.5 Å². The summed E-state index contributed by atoms with van der Waals surface area (Å²) in [5.41, 5.74) is 0.939. The number of aromatic amines is 1. The fourth-order valence-corrected chi connectivity index (χ4v) is 9.95. The Labute approximate surface area is 209 Å². The van der Waals surface area contributed by atoms with E-state index >= 15 is 0 Å². The number of thiazole rings is 1. The summed E-state index contributed by atoms with van der Waals surface area (Å²) >= 11 is 2.83. The number of carbonyl (C=O) groups is 3. The molecule has 35 heavy (non-hydrogen) atoms. The van der Waals surface area contributed by atoms with Crippen LogP contribution in [0.25, 0.3) is 0 Å². The second-order valence-corrected chi connectivity index (χ2v) is 12.2. The van der Waals surface area contributed by atoms with E-state index in [9.17, 15) is 23.6 Å². The molecule has 6 unspecified atom stereocenters. The molecule has 2 N–H and O–H groups in total. The average Bonchev–Trinajstić information content (AvgIpc) is 3.54. The van der Waals surface area contributed by atoms with Gasteiger partial charge in [0.1, 0.15) is 5.82 Å². The number of thioether (sulfide) groups is 1. The van der Waals surface area contributed by atoms with Crippen molar-refractivity contribution in [2.24, 2.45) is 29.6 Å². The predicted octanol–water partition coefficient (Wildman–Crippen LogP) is 3.69. The number of fused-ring (bicyclic) bond motifs is 9. The minimum atomic E-state index is -0.838. The third-order valence-electron chi connectivity index (χ3n) is 8.32. The monoisotopic (exact) mass is 516 g/mol. The zero-order valence-electron chi connectivity index (χ0n) is 18.8. The smallest absolute Gasteiger partial charge is 0.305 e. The quantitative estimate of drug-likeness (QED) is 0.429. The second-order valence-electron chi connectivity index (χ2n) is 10.0. The Hall–Kier alpha value is -2.46. The number of hydrogen-bond acceptors (Lipinski definition) is 6. The lowest BCUT2D eigenvalue weighted by Gasteiger charge is -2.43. The largest absolute Gasteiger partial charge is 0.481 e. The Bertz CT molecular complexity index is 1260. The van der Waals surface area contributed by atoms with Gasteiger partial charge >= 0.3 is 10.8 Å². The fraction of sp³-hybridized carbons (Fsp3) is 0.520. The summed E-state index contributed by atoms with van der Waals surface area (Å²) in [6.07, 6.45) is 2.71. The maximum absolute atomic E-state index is 13.7. The van der Waals surface area contributed by atoms with Crippen molar-refractivity contribution < 1.29 is 23.9 Å². The molecule has 7 atom stereocenters. The van der Waals surface area contributed by atoms with Crippen LogP contribution < -0.4 is 4.87 Å². The summed E-state index contributed by atoms with van der Waals surface area (Å²) in [5, 5.41) is 9.76. The molecule has 184 valence electrons. The van der Waals surface area contributed by atoms with Crippen molar-refractivity contribution in [2.75, 3.05) is 6.54 Å². The molecule has 2 bridgehead atoms. The van der Waals surface area contributed by atoms with E-state index in [1.807, 2.05) is 0 Å². The molecule has 10 heteroatoms. The Kier molecular flexibility index (Phi) is 5.63. The maximum Gasteiger partial charge on any atom is 0.305 e. The number of nitrogens with zero attached hydrogens (tertiary/aromatic N) is 1. The summed E-state index contributed by atoms with van der Waals surface area (Å²) < 4.78 is 13.7. The summed E-state index contributed by atoms with van der Waals surface area (Å²) in [6.45, 7) is 0.342. The summed E-state index contributed by atoms with van der Waals surface area (Å²) in [4.78, 5) is 55.0. The number of carboxylic acids is 1. The third kappa shape index (κ3) is 3.59. The third-order valence-corrected chi connectivity index (χ3v) is 10.9. The normalized spacial score (nSPS) is 32.6. The molecule has 2 aliphatic heterocycles. The van der Waals surface area contributed by atoms with Crippen molar-refractivity contribution in [3.05, 3.63) is 50.2 Å². The number of rotatable bonds is 7. The first kappa shape index (κ1) is 23.0. The van der Waals surface area contributed by atoms with Crippen molar-refractivity contribution in [3.63, 3.8) is 0 Å². The highest BCUT2D eigenvalue weighted by molar-refractivity contribution is 8.00. The van der Waals surface area contributed by atoms with E-state index in [1.165, 1.54) is 28.4 Å². The number of carboxylic acid groups (broad SMARTS) is 1. The van der Waals surface area contributed by atoms with E-state index in [-0.39, 0.29) is 69.7 Å². The molecule has 2 aliphatic carbocycles. The van der Waals surface area contributed by atoms with E-state index in [2.05, 4.69) is 4.98 Å². The lowest BCUT2D eigenvalue weighted by molar-refractivity contribution is -0.141. The van der Waals surface area contributed by atoms with Gasteiger partial charge in [0.2, 0.25) is 11.8 Å². The first-order valence-electron chi connectivity index (χ1n) is 12.1. The highest BCUT2D eigenvalue weighted by atomic mass is 32.2. The van der Waals surface area contributed by atoms with Gasteiger partial charge in [-0.3, -0.25) is 24.1 Å². The van der Waals surface area contributed by atoms with Crippen molar-refractivity contribution in [1.29, 1.82) is 0 Å². The minimum absolute atomic E-state index is 0.0383. The summed E-state index contributed by atoms with van der Waals surface area (Å²) in [5.74, 6) is -1.91. The molecule has 3 heterocycles. The number of hydrogen-bond donors (Lipinski definition) is 2. The molecule has 2 saturated carbocycles. The molecule has 0 radical (unpaired) electrons. The van der Waals surface area contributed by atoms with E-state index in [4.69, 9.17) is 5.11 Å². The molecule has 3 fully saturated rings. The van der Waals surface area contributed by atoms with Gasteiger partial charge in [0.25, 0.3) is 0 Å². The molecule has 1 aromatic carbocycles. The Morgan fingerprint density at radius 2 is 1.77 bits per heavy atom. The van der Waals surface area contributed by atoms with Gasteiger partial charge in [-0.05, 0) is 54.7 Å². The Morgan fingerprint density at radius 3 is 2.49 bits per heavy atom. The first-order chi connectivity index (χ1) is 16.8. The SMILES string of the molecule is O=C(O)CCCCCN1C(=O)C2C3CC(C2C1=O)C1C3Sc2[nH]c(=O)sc2[C@@H]1c1ccc(F)cc1. The van der Waals surface area contributed by atoms with Crippen LogP contribution in [-0.4, -0.2) is 44.6 Å². The summed E-state index contributed by atoms with van der Waals surface area (Å²) in [6, 6.07) is 6.42. The molecule has 2 aromatic rings. The number of benzene rings is 1. The molecular formula is C25H25FN2O5S2. The van der Waals surface area contributed by atoms with Crippen molar-refractivity contribution >= 4 is 40.9 Å². The van der Waals surface area contributed by atoms with Gasteiger partial charge in [-0.15, -0.1) is 11.8 Å². The summed E-state index contributed by atoms with van der Waals surface area (Å²) in [7, 11) is 0. The molecule has 2 amide bonds.